The van der Waals surface area contributed by atoms with E-state index in [1.807, 2.05) is 42.1 Å². The lowest BCUT2D eigenvalue weighted by Crippen LogP contribution is -2.04. The van der Waals surface area contributed by atoms with Crippen LogP contribution in [-0.4, -0.2) is 18.6 Å². The number of hydrogen-bond acceptors (Lipinski definition) is 3. The van der Waals surface area contributed by atoms with E-state index in [0.29, 0.717) is 0 Å². The van der Waals surface area contributed by atoms with Crippen LogP contribution in [0.3, 0.4) is 0 Å². The van der Waals surface area contributed by atoms with Crippen LogP contribution in [0.1, 0.15) is 5.56 Å². The topological polar surface area (TPSA) is 35.8 Å². The Morgan fingerprint density at radius 1 is 1.18 bits per heavy atom. The average Bonchev–Trinajstić information content (AvgIpc) is 2.39. The van der Waals surface area contributed by atoms with Gasteiger partial charge >= 0.3 is 0 Å². The average molecular weight is 242 g/mol. The maximum absolute atomic E-state index is 9.07. The monoisotopic (exact) mass is 242 g/mol. The molecule has 0 amide bonds. The third-order valence-electron chi connectivity index (χ3n) is 2.67. The lowest BCUT2D eigenvalue weighted by atomic mass is 10.0. The lowest BCUT2D eigenvalue weighted by molar-refractivity contribution is 1.24. The molecule has 2 aromatic rings. The first-order valence-corrected chi connectivity index (χ1v) is 6.91. The fourth-order valence-corrected chi connectivity index (χ4v) is 2.14. The van der Waals surface area contributed by atoms with Crippen molar-refractivity contribution in [1.29, 1.82) is 5.26 Å². The summed E-state index contributed by atoms with van der Waals surface area (Å²) in [5.74, 6) is 1.08. The summed E-state index contributed by atoms with van der Waals surface area (Å²) in [5, 5.41) is 14.6. The minimum atomic E-state index is 0.732. The molecule has 0 heterocycles. The first-order valence-electron chi connectivity index (χ1n) is 5.51. The highest BCUT2D eigenvalue weighted by Crippen LogP contribution is 2.26. The van der Waals surface area contributed by atoms with Gasteiger partial charge in [0.1, 0.15) is 0 Å². The Labute approximate surface area is 106 Å². The number of rotatable bonds is 4. The van der Waals surface area contributed by atoms with Gasteiger partial charge in [0.15, 0.2) is 0 Å². The predicted octanol–water partition coefficient (Wildman–Crippen LogP) is 3.49. The minimum Gasteiger partial charge on any atom is -0.384 e. The number of anilines is 1. The Morgan fingerprint density at radius 2 is 1.94 bits per heavy atom. The van der Waals surface area contributed by atoms with Crippen LogP contribution < -0.4 is 5.32 Å². The molecule has 0 atom stereocenters. The molecule has 1 N–H and O–H groups in total. The van der Waals surface area contributed by atoms with Gasteiger partial charge in [-0.3, -0.25) is 0 Å². The molecular weight excluding hydrogens is 228 g/mol. The zero-order valence-corrected chi connectivity index (χ0v) is 10.6. The molecule has 0 spiro atoms. The standard InChI is InChI=1S/C14H14N2S/c1-17-9-8-16-14-7-6-11(10-15)12-4-2-3-5-13(12)14/h2-7,16H,8-9H2,1H3. The van der Waals surface area contributed by atoms with E-state index in [0.717, 1.165) is 34.3 Å². The number of nitrogens with zero attached hydrogens (tertiary/aromatic N) is 1. The van der Waals surface area contributed by atoms with Crippen molar-refractivity contribution < 1.29 is 0 Å². The second-order valence-corrected chi connectivity index (χ2v) is 4.72. The lowest BCUT2D eigenvalue weighted by Gasteiger charge is -2.10. The highest BCUT2D eigenvalue weighted by Gasteiger charge is 2.04. The molecule has 0 aliphatic rings. The van der Waals surface area contributed by atoms with Gasteiger partial charge in [-0.2, -0.15) is 17.0 Å². The van der Waals surface area contributed by atoms with Gasteiger partial charge in [-0.15, -0.1) is 0 Å². The third kappa shape index (κ3) is 2.54. The number of hydrogen-bond donors (Lipinski definition) is 1. The molecule has 2 aromatic carbocycles. The predicted molar refractivity (Wildman–Crippen MR) is 75.5 cm³/mol. The molecule has 0 bridgehead atoms. The van der Waals surface area contributed by atoms with Gasteiger partial charge in [0.05, 0.1) is 11.6 Å². The fourth-order valence-electron chi connectivity index (χ4n) is 1.84. The van der Waals surface area contributed by atoms with Crippen molar-refractivity contribution in [2.24, 2.45) is 0 Å². The summed E-state index contributed by atoms with van der Waals surface area (Å²) in [5.41, 5.74) is 1.84. The molecule has 0 aliphatic carbocycles. The van der Waals surface area contributed by atoms with E-state index in [9.17, 15) is 0 Å². The molecule has 86 valence electrons. The Morgan fingerprint density at radius 3 is 2.65 bits per heavy atom. The molecule has 0 fully saturated rings. The third-order valence-corrected chi connectivity index (χ3v) is 3.28. The van der Waals surface area contributed by atoms with Crippen molar-refractivity contribution in [1.82, 2.24) is 0 Å². The fraction of sp³-hybridized carbons (Fsp3) is 0.214. The molecule has 0 saturated heterocycles. The normalized spacial score (nSPS) is 10.1. The van der Waals surface area contributed by atoms with E-state index in [1.165, 1.54) is 0 Å². The summed E-state index contributed by atoms with van der Waals surface area (Å²) in [4.78, 5) is 0. The van der Waals surface area contributed by atoms with Crippen molar-refractivity contribution in [3.05, 3.63) is 42.0 Å². The Hall–Kier alpha value is -1.66. The maximum atomic E-state index is 9.07. The summed E-state index contributed by atoms with van der Waals surface area (Å²) < 4.78 is 0. The molecule has 0 aromatic heterocycles. The van der Waals surface area contributed by atoms with Gasteiger partial charge in [-0.05, 0) is 18.4 Å². The van der Waals surface area contributed by atoms with Gasteiger partial charge in [0.25, 0.3) is 0 Å². The summed E-state index contributed by atoms with van der Waals surface area (Å²) in [7, 11) is 0. The maximum Gasteiger partial charge on any atom is 0.0998 e. The highest BCUT2D eigenvalue weighted by atomic mass is 32.2. The van der Waals surface area contributed by atoms with Crippen LogP contribution in [0.15, 0.2) is 36.4 Å². The van der Waals surface area contributed by atoms with E-state index in [-0.39, 0.29) is 0 Å². The van der Waals surface area contributed by atoms with Crippen LogP contribution in [0.5, 0.6) is 0 Å². The molecule has 2 rings (SSSR count). The van der Waals surface area contributed by atoms with Gasteiger partial charge in [0.2, 0.25) is 0 Å². The molecular formula is C14H14N2S. The Balaban J connectivity index is 2.41. The Bertz CT molecular complexity index is 558. The number of thioether (sulfide) groups is 1. The molecule has 17 heavy (non-hydrogen) atoms. The summed E-state index contributed by atoms with van der Waals surface area (Å²) in [6.07, 6.45) is 2.10. The van der Waals surface area contributed by atoms with E-state index >= 15 is 0 Å². The number of nitrogens with one attached hydrogen (secondary N) is 1. The smallest absolute Gasteiger partial charge is 0.0998 e. The van der Waals surface area contributed by atoms with Crippen molar-refractivity contribution in [3.8, 4) is 6.07 Å². The zero-order chi connectivity index (χ0) is 12.1. The van der Waals surface area contributed by atoms with Crippen molar-refractivity contribution in [2.45, 2.75) is 0 Å². The van der Waals surface area contributed by atoms with Crippen molar-refractivity contribution >= 4 is 28.2 Å². The first-order chi connectivity index (χ1) is 8.36. The number of nitriles is 1. The van der Waals surface area contributed by atoms with Gasteiger partial charge in [-0.25, -0.2) is 0 Å². The van der Waals surface area contributed by atoms with Gasteiger partial charge in [-0.1, -0.05) is 24.3 Å². The highest BCUT2D eigenvalue weighted by molar-refractivity contribution is 7.98. The quantitative estimate of drug-likeness (QED) is 0.834. The number of benzene rings is 2. The molecule has 0 unspecified atom stereocenters. The van der Waals surface area contributed by atoms with E-state index in [4.69, 9.17) is 5.26 Å². The Kier molecular flexibility index (Phi) is 3.89. The van der Waals surface area contributed by atoms with Crippen LogP contribution >= 0.6 is 11.8 Å². The minimum absolute atomic E-state index is 0.732. The summed E-state index contributed by atoms with van der Waals surface area (Å²) >= 11 is 1.82. The molecule has 3 heteroatoms. The molecule has 0 saturated carbocycles. The van der Waals surface area contributed by atoms with Crippen LogP contribution in [0, 0.1) is 11.3 Å². The second-order valence-electron chi connectivity index (χ2n) is 3.74. The van der Waals surface area contributed by atoms with Crippen LogP contribution in [-0.2, 0) is 0 Å². The van der Waals surface area contributed by atoms with Gasteiger partial charge in [0, 0.05) is 28.8 Å². The first kappa shape index (κ1) is 11.8. The van der Waals surface area contributed by atoms with E-state index < -0.39 is 0 Å². The van der Waals surface area contributed by atoms with E-state index in [1.54, 1.807) is 0 Å². The second kappa shape index (κ2) is 5.60. The van der Waals surface area contributed by atoms with E-state index in [2.05, 4.69) is 23.7 Å². The van der Waals surface area contributed by atoms with Gasteiger partial charge < -0.3 is 5.32 Å². The molecule has 0 radical (unpaired) electrons. The number of fused-ring (bicyclic) bond motifs is 1. The SMILES string of the molecule is CSCCNc1ccc(C#N)c2ccccc12. The largest absolute Gasteiger partial charge is 0.384 e. The molecule has 0 aliphatic heterocycles. The summed E-state index contributed by atoms with van der Waals surface area (Å²) in [6.45, 7) is 0.942. The summed E-state index contributed by atoms with van der Waals surface area (Å²) in [6, 6.07) is 14.1. The van der Waals surface area contributed by atoms with Crippen LogP contribution in [0.4, 0.5) is 5.69 Å². The van der Waals surface area contributed by atoms with Crippen molar-refractivity contribution in [3.63, 3.8) is 0 Å². The van der Waals surface area contributed by atoms with Crippen molar-refractivity contribution in [2.75, 3.05) is 23.9 Å². The zero-order valence-electron chi connectivity index (χ0n) is 9.73. The van der Waals surface area contributed by atoms with Crippen LogP contribution in [0.2, 0.25) is 0 Å². The van der Waals surface area contributed by atoms with Crippen LogP contribution in [0.25, 0.3) is 10.8 Å². The molecule has 2 nitrogen and oxygen atoms in total.